The van der Waals surface area contributed by atoms with Crippen molar-refractivity contribution >= 4 is 11.8 Å². The van der Waals surface area contributed by atoms with Gasteiger partial charge in [-0.1, -0.05) is 12.1 Å². The van der Waals surface area contributed by atoms with Crippen LogP contribution in [0.15, 0.2) is 53.6 Å². The molecule has 2 aromatic heterocycles. The van der Waals surface area contributed by atoms with Gasteiger partial charge in [0.05, 0.1) is 0 Å². The van der Waals surface area contributed by atoms with Gasteiger partial charge in [-0.25, -0.2) is 0 Å². The summed E-state index contributed by atoms with van der Waals surface area (Å²) in [5.41, 5.74) is 0.822. The van der Waals surface area contributed by atoms with Gasteiger partial charge in [0.2, 0.25) is 11.8 Å². The third-order valence-corrected chi connectivity index (χ3v) is 6.04. The monoisotopic (exact) mass is 394 g/mol. The van der Waals surface area contributed by atoms with E-state index in [0.29, 0.717) is 32.0 Å². The van der Waals surface area contributed by atoms with Gasteiger partial charge in [0.25, 0.3) is 5.56 Å². The van der Waals surface area contributed by atoms with E-state index < -0.39 is 0 Å². The largest absolute Gasteiger partial charge is 0.341 e. The number of piperidine rings is 2. The first-order chi connectivity index (χ1) is 14.1. The molecule has 0 saturated carbocycles. The Labute approximate surface area is 170 Å². The molecule has 4 heterocycles. The van der Waals surface area contributed by atoms with Crippen molar-refractivity contribution in [2.75, 3.05) is 19.6 Å². The van der Waals surface area contributed by atoms with Crippen LogP contribution in [0.2, 0.25) is 0 Å². The maximum absolute atomic E-state index is 12.7. The minimum Gasteiger partial charge on any atom is -0.341 e. The Morgan fingerprint density at radius 1 is 1.10 bits per heavy atom. The van der Waals surface area contributed by atoms with Crippen molar-refractivity contribution in [3.8, 4) is 0 Å². The molecule has 2 amide bonds. The highest BCUT2D eigenvalue weighted by atomic mass is 16.2. The third kappa shape index (κ3) is 4.39. The number of pyridine rings is 2. The molecule has 0 N–H and O–H groups in total. The van der Waals surface area contributed by atoms with Crippen molar-refractivity contribution in [1.82, 2.24) is 19.4 Å². The van der Waals surface area contributed by atoms with E-state index in [-0.39, 0.29) is 30.0 Å². The second-order valence-corrected chi connectivity index (χ2v) is 7.82. The fourth-order valence-corrected chi connectivity index (χ4v) is 4.49. The molecule has 0 aromatic carbocycles. The van der Waals surface area contributed by atoms with Crippen LogP contribution in [0.1, 0.15) is 25.0 Å². The quantitative estimate of drug-likeness (QED) is 0.767. The summed E-state index contributed by atoms with van der Waals surface area (Å²) in [6, 6.07) is 10.9. The summed E-state index contributed by atoms with van der Waals surface area (Å²) in [4.78, 5) is 45.4. The highest BCUT2D eigenvalue weighted by Crippen LogP contribution is 2.31. The highest BCUT2D eigenvalue weighted by molar-refractivity contribution is 5.78. The Hall–Kier alpha value is -2.96. The zero-order chi connectivity index (χ0) is 20.2. The zero-order valence-electron chi connectivity index (χ0n) is 16.4. The van der Waals surface area contributed by atoms with Gasteiger partial charge < -0.3 is 14.4 Å². The molecule has 0 spiro atoms. The number of aromatic nitrogens is 2. The van der Waals surface area contributed by atoms with E-state index in [2.05, 4.69) is 4.98 Å². The summed E-state index contributed by atoms with van der Waals surface area (Å²) in [5, 5.41) is 0. The second-order valence-electron chi connectivity index (χ2n) is 7.82. The molecule has 7 heteroatoms. The van der Waals surface area contributed by atoms with E-state index in [1.54, 1.807) is 24.5 Å². The Bertz CT molecular complexity index is 927. The molecule has 0 unspecified atom stereocenters. The van der Waals surface area contributed by atoms with Crippen LogP contribution in [0, 0.1) is 5.92 Å². The first-order valence-electron chi connectivity index (χ1n) is 10.2. The molecule has 2 saturated heterocycles. The van der Waals surface area contributed by atoms with Crippen LogP contribution >= 0.6 is 0 Å². The van der Waals surface area contributed by atoms with Gasteiger partial charge in [-0.3, -0.25) is 19.4 Å². The number of carbonyl (C=O) groups excluding carboxylic acids is 2. The highest BCUT2D eigenvalue weighted by Gasteiger charge is 2.40. The summed E-state index contributed by atoms with van der Waals surface area (Å²) >= 11 is 0. The number of amides is 2. The van der Waals surface area contributed by atoms with E-state index >= 15 is 0 Å². The van der Waals surface area contributed by atoms with E-state index in [1.165, 1.54) is 10.6 Å². The predicted molar refractivity (Wildman–Crippen MR) is 108 cm³/mol. The van der Waals surface area contributed by atoms with Crippen molar-refractivity contribution in [1.29, 1.82) is 0 Å². The summed E-state index contributed by atoms with van der Waals surface area (Å²) in [7, 11) is 0. The van der Waals surface area contributed by atoms with Gasteiger partial charge in [-0.15, -0.1) is 0 Å². The molecule has 0 bridgehead atoms. The first-order valence-corrected chi connectivity index (χ1v) is 10.2. The van der Waals surface area contributed by atoms with E-state index in [0.717, 1.165) is 25.0 Å². The Morgan fingerprint density at radius 2 is 1.97 bits per heavy atom. The third-order valence-electron chi connectivity index (χ3n) is 6.04. The molecular formula is C22H26N4O3. The fraction of sp³-hybridized carbons (Fsp3) is 0.455. The molecule has 152 valence electrons. The Kier molecular flexibility index (Phi) is 5.74. The van der Waals surface area contributed by atoms with E-state index in [1.807, 2.05) is 28.0 Å². The average Bonchev–Trinajstić information content (AvgIpc) is 2.75. The molecule has 4 rings (SSSR count). The van der Waals surface area contributed by atoms with Crippen LogP contribution in [0.3, 0.4) is 0 Å². The number of carbonyl (C=O) groups is 2. The van der Waals surface area contributed by atoms with E-state index in [4.69, 9.17) is 0 Å². The SMILES string of the molecule is O=C(Cn1ccccc1=O)N1CC[C@H]2[C@H](CCC(=O)N2CCc2ccccn2)C1. The number of rotatable bonds is 5. The lowest BCUT2D eigenvalue weighted by molar-refractivity contribution is -0.144. The van der Waals surface area contributed by atoms with Gasteiger partial charge in [0, 0.05) is 62.7 Å². The normalized spacial score (nSPS) is 21.7. The lowest BCUT2D eigenvalue weighted by Crippen LogP contribution is -2.57. The smallest absolute Gasteiger partial charge is 0.250 e. The van der Waals surface area contributed by atoms with Gasteiger partial charge in [-0.2, -0.15) is 0 Å². The standard InChI is InChI=1S/C22H26N4O3/c27-20-6-2-4-12-24(20)16-22(29)25-13-10-19-17(15-25)7-8-21(28)26(19)14-9-18-5-1-3-11-23-18/h1-6,11-12,17,19H,7-10,13-16H2/t17-,19+/m1/s1. The minimum atomic E-state index is -0.167. The summed E-state index contributed by atoms with van der Waals surface area (Å²) in [5.74, 6) is 0.466. The second kappa shape index (κ2) is 8.59. The summed E-state index contributed by atoms with van der Waals surface area (Å²) < 4.78 is 1.44. The number of likely N-dealkylation sites (tertiary alicyclic amines) is 2. The van der Waals surface area contributed by atoms with Gasteiger partial charge in [-0.05, 0) is 37.0 Å². The number of nitrogens with zero attached hydrogens (tertiary/aromatic N) is 4. The molecule has 2 fully saturated rings. The summed E-state index contributed by atoms with van der Waals surface area (Å²) in [6.45, 7) is 2.01. The number of hydrogen-bond donors (Lipinski definition) is 0. The maximum Gasteiger partial charge on any atom is 0.250 e. The fourth-order valence-electron chi connectivity index (χ4n) is 4.49. The van der Waals surface area contributed by atoms with Crippen LogP contribution in [0.25, 0.3) is 0 Å². The number of fused-ring (bicyclic) bond motifs is 1. The average molecular weight is 394 g/mol. The van der Waals surface area contributed by atoms with Crippen molar-refractivity contribution in [2.45, 2.75) is 38.3 Å². The van der Waals surface area contributed by atoms with Gasteiger partial charge >= 0.3 is 0 Å². The van der Waals surface area contributed by atoms with Gasteiger partial charge in [0.1, 0.15) is 6.54 Å². The number of hydrogen-bond acceptors (Lipinski definition) is 4. The van der Waals surface area contributed by atoms with Crippen molar-refractivity contribution in [3.05, 3.63) is 64.8 Å². The summed E-state index contributed by atoms with van der Waals surface area (Å²) in [6.07, 6.45) is 6.30. The molecule has 2 aromatic rings. The zero-order valence-corrected chi connectivity index (χ0v) is 16.4. The molecule has 2 aliphatic rings. The molecule has 0 aliphatic carbocycles. The molecular weight excluding hydrogens is 368 g/mol. The Balaban J connectivity index is 1.38. The van der Waals surface area contributed by atoms with Crippen LogP contribution in [-0.4, -0.2) is 56.8 Å². The predicted octanol–water partition coefficient (Wildman–Crippen LogP) is 1.33. The molecule has 0 radical (unpaired) electrons. The molecule has 2 aliphatic heterocycles. The van der Waals surface area contributed by atoms with Crippen LogP contribution in [0.5, 0.6) is 0 Å². The van der Waals surface area contributed by atoms with Crippen LogP contribution in [0.4, 0.5) is 0 Å². The topological polar surface area (TPSA) is 75.5 Å². The van der Waals surface area contributed by atoms with Crippen molar-refractivity contribution in [2.24, 2.45) is 5.92 Å². The van der Waals surface area contributed by atoms with E-state index in [9.17, 15) is 14.4 Å². The first kappa shape index (κ1) is 19.4. The Morgan fingerprint density at radius 3 is 2.76 bits per heavy atom. The minimum absolute atomic E-state index is 0.0336. The lowest BCUT2D eigenvalue weighted by Gasteiger charge is -2.47. The maximum atomic E-state index is 12.7. The van der Waals surface area contributed by atoms with Crippen molar-refractivity contribution in [3.63, 3.8) is 0 Å². The lowest BCUT2D eigenvalue weighted by atomic mass is 9.83. The molecule has 29 heavy (non-hydrogen) atoms. The van der Waals surface area contributed by atoms with Crippen molar-refractivity contribution < 1.29 is 9.59 Å². The van der Waals surface area contributed by atoms with Gasteiger partial charge in [0.15, 0.2) is 0 Å². The molecule has 2 atom stereocenters. The van der Waals surface area contributed by atoms with Crippen LogP contribution in [-0.2, 0) is 22.6 Å². The molecule has 7 nitrogen and oxygen atoms in total. The van der Waals surface area contributed by atoms with Crippen LogP contribution < -0.4 is 5.56 Å².